The topological polar surface area (TPSA) is 94.7 Å². The van der Waals surface area contributed by atoms with Gasteiger partial charge in [0.25, 0.3) is 0 Å². The maximum absolute atomic E-state index is 12.6. The summed E-state index contributed by atoms with van der Waals surface area (Å²) in [6.07, 6.45) is 1.13. The molecule has 25 heavy (non-hydrogen) atoms. The highest BCUT2D eigenvalue weighted by molar-refractivity contribution is 5.94. The van der Waals surface area contributed by atoms with Crippen molar-refractivity contribution in [1.29, 1.82) is 0 Å². The molecule has 0 aliphatic carbocycles. The molecule has 132 valence electrons. The molecule has 0 spiro atoms. The fourth-order valence-corrected chi connectivity index (χ4v) is 2.09. The number of benzene rings is 1. The van der Waals surface area contributed by atoms with Gasteiger partial charge in [-0.2, -0.15) is 0 Å². The minimum atomic E-state index is -0.788. The smallest absolute Gasteiger partial charge is 0.358 e. The average Bonchev–Trinajstić information content (AvgIpc) is 2.61. The predicted octanol–water partition coefficient (Wildman–Crippen LogP) is 2.31. The monoisotopic (exact) mass is 345 g/mol. The summed E-state index contributed by atoms with van der Waals surface area (Å²) in [6, 6.07) is 9.12. The summed E-state index contributed by atoms with van der Waals surface area (Å²) in [6.45, 7) is 3.60. The largest absolute Gasteiger partial charge is 0.482 e. The normalized spacial score (nSPS) is 10.2. The van der Waals surface area contributed by atoms with Gasteiger partial charge in [-0.3, -0.25) is 4.79 Å². The number of pyridine rings is 1. The van der Waals surface area contributed by atoms with E-state index in [0.717, 1.165) is 11.8 Å². The van der Waals surface area contributed by atoms with Crippen LogP contribution in [0.1, 0.15) is 40.3 Å². The Morgan fingerprint density at radius 3 is 2.28 bits per heavy atom. The zero-order valence-electron chi connectivity index (χ0n) is 14.0. The van der Waals surface area contributed by atoms with E-state index in [1.54, 1.807) is 13.8 Å². The predicted molar refractivity (Wildman–Crippen MR) is 89.7 cm³/mol. The lowest BCUT2D eigenvalue weighted by Gasteiger charge is -2.11. The number of carbonyl (C=O) groups excluding carboxylic acids is 2. The number of aromatic nitrogens is 1. The van der Waals surface area contributed by atoms with Gasteiger partial charge < -0.3 is 19.2 Å². The molecule has 2 aromatic rings. The van der Waals surface area contributed by atoms with Crippen LogP contribution in [0.2, 0.25) is 0 Å². The van der Waals surface area contributed by atoms with E-state index >= 15 is 0 Å². The van der Waals surface area contributed by atoms with Crippen LogP contribution in [0.15, 0.2) is 41.3 Å². The van der Waals surface area contributed by atoms with E-state index in [-0.39, 0.29) is 36.8 Å². The number of carbonyl (C=O) groups is 2. The van der Waals surface area contributed by atoms with E-state index in [9.17, 15) is 14.4 Å². The van der Waals surface area contributed by atoms with Crippen LogP contribution in [-0.2, 0) is 16.1 Å². The van der Waals surface area contributed by atoms with Gasteiger partial charge in [0, 0.05) is 6.20 Å². The molecule has 0 saturated carbocycles. The van der Waals surface area contributed by atoms with Crippen LogP contribution in [0.3, 0.4) is 0 Å². The lowest BCUT2D eigenvalue weighted by Crippen LogP contribution is -2.24. The van der Waals surface area contributed by atoms with Crippen molar-refractivity contribution in [2.75, 3.05) is 13.2 Å². The molecule has 7 heteroatoms. The lowest BCUT2D eigenvalue weighted by molar-refractivity contribution is 0.0498. The molecule has 7 nitrogen and oxygen atoms in total. The van der Waals surface area contributed by atoms with E-state index in [1.165, 1.54) is 0 Å². The van der Waals surface area contributed by atoms with Gasteiger partial charge in [-0.15, -0.1) is 0 Å². The first-order valence-corrected chi connectivity index (χ1v) is 7.85. The number of hydrogen-bond acceptors (Lipinski definition) is 6. The van der Waals surface area contributed by atoms with Crippen LogP contribution in [0.4, 0.5) is 0 Å². The Morgan fingerprint density at radius 2 is 1.64 bits per heavy atom. The highest BCUT2D eigenvalue weighted by Crippen LogP contribution is 2.16. The Labute approximate surface area is 144 Å². The third kappa shape index (κ3) is 4.47. The number of rotatable bonds is 7. The standard InChI is InChI=1S/C18H19NO6/c1-3-23-17(21)13-10-19-14(18(22)24-4-2)16(15(13)20)25-11-12-8-6-5-7-9-12/h5-10H,3-4,11H2,1-2H3,(H,19,20). The number of H-pyrrole nitrogens is 1. The molecule has 1 heterocycles. The first-order chi connectivity index (χ1) is 12.1. The number of aromatic amines is 1. The van der Waals surface area contributed by atoms with E-state index in [4.69, 9.17) is 14.2 Å². The zero-order valence-corrected chi connectivity index (χ0v) is 14.0. The third-order valence-corrected chi connectivity index (χ3v) is 3.24. The van der Waals surface area contributed by atoms with Crippen molar-refractivity contribution in [3.05, 3.63) is 63.6 Å². The minimum absolute atomic E-state index is 0.0581. The summed E-state index contributed by atoms with van der Waals surface area (Å²) in [5, 5.41) is 0. The molecule has 0 fully saturated rings. The summed E-state index contributed by atoms with van der Waals surface area (Å²) in [5.41, 5.74) is -0.303. The van der Waals surface area contributed by atoms with Crippen LogP contribution < -0.4 is 10.2 Å². The maximum atomic E-state index is 12.6. The number of hydrogen-bond donors (Lipinski definition) is 1. The van der Waals surface area contributed by atoms with E-state index in [0.29, 0.717) is 0 Å². The summed E-state index contributed by atoms with van der Waals surface area (Å²) in [7, 11) is 0. The molecular weight excluding hydrogens is 326 g/mol. The lowest BCUT2D eigenvalue weighted by atomic mass is 10.2. The molecule has 1 aromatic heterocycles. The molecule has 0 radical (unpaired) electrons. The molecule has 1 aromatic carbocycles. The molecule has 1 N–H and O–H groups in total. The summed E-state index contributed by atoms with van der Waals surface area (Å²) in [4.78, 5) is 39.1. The van der Waals surface area contributed by atoms with E-state index < -0.39 is 17.4 Å². The van der Waals surface area contributed by atoms with Gasteiger partial charge in [0.05, 0.1) is 13.2 Å². The second kappa shape index (κ2) is 8.68. The van der Waals surface area contributed by atoms with Crippen molar-refractivity contribution in [3.63, 3.8) is 0 Å². The number of ether oxygens (including phenoxy) is 3. The van der Waals surface area contributed by atoms with Crippen molar-refractivity contribution in [3.8, 4) is 5.75 Å². The summed E-state index contributed by atoms with van der Waals surface area (Å²) >= 11 is 0. The Kier molecular flexibility index (Phi) is 6.33. The Morgan fingerprint density at radius 1 is 1.00 bits per heavy atom. The zero-order chi connectivity index (χ0) is 18.2. The molecule has 0 saturated heterocycles. The third-order valence-electron chi connectivity index (χ3n) is 3.24. The molecular formula is C18H19NO6. The van der Waals surface area contributed by atoms with Crippen LogP contribution in [0, 0.1) is 0 Å². The second-order valence-electron chi connectivity index (χ2n) is 4.95. The fourth-order valence-electron chi connectivity index (χ4n) is 2.09. The van der Waals surface area contributed by atoms with Gasteiger partial charge in [-0.25, -0.2) is 9.59 Å². The quantitative estimate of drug-likeness (QED) is 0.774. The Hall–Kier alpha value is -3.09. The molecule has 0 aliphatic rings. The van der Waals surface area contributed by atoms with E-state index in [1.807, 2.05) is 30.3 Å². The highest BCUT2D eigenvalue weighted by Gasteiger charge is 2.23. The first-order valence-electron chi connectivity index (χ1n) is 7.85. The second-order valence-corrected chi connectivity index (χ2v) is 4.95. The average molecular weight is 345 g/mol. The first kappa shape index (κ1) is 18.3. The highest BCUT2D eigenvalue weighted by atomic mass is 16.5. The number of nitrogens with one attached hydrogen (secondary N) is 1. The van der Waals surface area contributed by atoms with Gasteiger partial charge in [-0.05, 0) is 19.4 Å². The SMILES string of the molecule is CCOC(=O)c1[nH]cc(C(=O)OCC)c(=O)c1OCc1ccccc1. The Bertz CT molecular complexity index is 797. The molecule has 0 amide bonds. The van der Waals surface area contributed by atoms with Crippen molar-refractivity contribution < 1.29 is 23.8 Å². The van der Waals surface area contributed by atoms with E-state index in [2.05, 4.69) is 4.98 Å². The van der Waals surface area contributed by atoms with Crippen LogP contribution >= 0.6 is 0 Å². The fraction of sp³-hybridized carbons (Fsp3) is 0.278. The van der Waals surface area contributed by atoms with Crippen molar-refractivity contribution in [2.45, 2.75) is 20.5 Å². The molecule has 0 atom stereocenters. The summed E-state index contributed by atoms with van der Waals surface area (Å²) in [5.74, 6) is -1.80. The van der Waals surface area contributed by atoms with Gasteiger partial charge in [-0.1, -0.05) is 30.3 Å². The van der Waals surface area contributed by atoms with Gasteiger partial charge in [0.1, 0.15) is 12.2 Å². The molecule has 0 aliphatic heterocycles. The van der Waals surface area contributed by atoms with Gasteiger partial charge in [0.15, 0.2) is 11.4 Å². The summed E-state index contributed by atoms with van der Waals surface area (Å²) < 4.78 is 15.3. The molecule has 0 unspecified atom stereocenters. The van der Waals surface area contributed by atoms with Crippen LogP contribution in [0.25, 0.3) is 0 Å². The number of esters is 2. The van der Waals surface area contributed by atoms with Gasteiger partial charge >= 0.3 is 11.9 Å². The van der Waals surface area contributed by atoms with Crippen LogP contribution in [-0.4, -0.2) is 30.1 Å². The molecule has 2 rings (SSSR count). The van der Waals surface area contributed by atoms with Crippen molar-refractivity contribution in [1.82, 2.24) is 4.98 Å². The van der Waals surface area contributed by atoms with Gasteiger partial charge in [0.2, 0.25) is 5.43 Å². The van der Waals surface area contributed by atoms with Crippen molar-refractivity contribution >= 4 is 11.9 Å². The Balaban J connectivity index is 2.40. The van der Waals surface area contributed by atoms with Crippen molar-refractivity contribution in [2.24, 2.45) is 0 Å². The minimum Gasteiger partial charge on any atom is -0.482 e. The molecule has 0 bridgehead atoms. The maximum Gasteiger partial charge on any atom is 0.358 e. The van der Waals surface area contributed by atoms with Crippen LogP contribution in [0.5, 0.6) is 5.75 Å².